The second-order valence-corrected chi connectivity index (χ2v) is 4.77. The zero-order valence-electron chi connectivity index (χ0n) is 11.1. The lowest BCUT2D eigenvalue weighted by molar-refractivity contribution is -0.385. The molecule has 2 heterocycles. The molecule has 1 aromatic heterocycles. The van der Waals surface area contributed by atoms with Gasteiger partial charge in [-0.1, -0.05) is 0 Å². The Labute approximate surface area is 115 Å². The number of carboxylic acid groups (broad SMARTS) is 1. The van der Waals surface area contributed by atoms with Crippen molar-refractivity contribution in [3.05, 3.63) is 27.9 Å². The number of pyridine rings is 1. The van der Waals surface area contributed by atoms with Crippen LogP contribution in [0.15, 0.2) is 12.3 Å². The van der Waals surface area contributed by atoms with Gasteiger partial charge >= 0.3 is 5.97 Å². The highest BCUT2D eigenvalue weighted by Gasteiger charge is 2.29. The Balaban J connectivity index is 2.44. The normalized spacial score (nSPS) is 22.6. The number of nitrogens with zero attached hydrogens (tertiary/aromatic N) is 3. The standard InChI is InChI=1S/C12H15N3O5/c1-7-6-20-8(2)5-14(7)11-10(12(16)17)3-9(4-13-11)15(18)19/h3-4,7-8H,5-6H2,1-2H3,(H,16,17). The van der Waals surface area contributed by atoms with E-state index in [4.69, 9.17) is 4.74 Å². The topological polar surface area (TPSA) is 106 Å². The molecule has 0 bridgehead atoms. The van der Waals surface area contributed by atoms with Crippen molar-refractivity contribution in [2.45, 2.75) is 26.0 Å². The molecular weight excluding hydrogens is 266 g/mol. The van der Waals surface area contributed by atoms with Crippen LogP contribution in [0.3, 0.4) is 0 Å². The number of nitro groups is 1. The second-order valence-electron chi connectivity index (χ2n) is 4.77. The van der Waals surface area contributed by atoms with Crippen LogP contribution in [0.1, 0.15) is 24.2 Å². The van der Waals surface area contributed by atoms with Crippen molar-refractivity contribution in [1.29, 1.82) is 0 Å². The molecule has 2 unspecified atom stereocenters. The number of aromatic nitrogens is 1. The predicted molar refractivity (Wildman–Crippen MR) is 70.1 cm³/mol. The van der Waals surface area contributed by atoms with Gasteiger partial charge < -0.3 is 14.7 Å². The molecule has 8 heteroatoms. The SMILES string of the molecule is CC1CN(c2ncc([N+](=O)[O-])cc2C(=O)O)C(C)CO1. The molecule has 1 fully saturated rings. The third kappa shape index (κ3) is 2.69. The predicted octanol–water partition coefficient (Wildman–Crippen LogP) is 1.30. The van der Waals surface area contributed by atoms with Gasteiger partial charge in [0.25, 0.3) is 5.69 Å². The number of carbonyl (C=O) groups is 1. The molecule has 1 aromatic rings. The molecular formula is C12H15N3O5. The van der Waals surface area contributed by atoms with Gasteiger partial charge in [0.2, 0.25) is 0 Å². The van der Waals surface area contributed by atoms with E-state index in [1.54, 1.807) is 4.90 Å². The van der Waals surface area contributed by atoms with E-state index in [0.717, 1.165) is 12.3 Å². The van der Waals surface area contributed by atoms with E-state index in [1.807, 2.05) is 13.8 Å². The van der Waals surface area contributed by atoms with Gasteiger partial charge in [0.05, 0.1) is 23.7 Å². The number of ether oxygens (including phenoxy) is 1. The number of anilines is 1. The maximum absolute atomic E-state index is 11.3. The first-order valence-electron chi connectivity index (χ1n) is 6.16. The van der Waals surface area contributed by atoms with Crippen molar-refractivity contribution in [1.82, 2.24) is 4.98 Å². The van der Waals surface area contributed by atoms with Crippen LogP contribution in [0.4, 0.5) is 11.5 Å². The minimum Gasteiger partial charge on any atom is -0.478 e. The molecule has 0 amide bonds. The maximum atomic E-state index is 11.3. The lowest BCUT2D eigenvalue weighted by Crippen LogP contribution is -2.48. The van der Waals surface area contributed by atoms with Gasteiger partial charge in [-0.3, -0.25) is 10.1 Å². The van der Waals surface area contributed by atoms with Gasteiger partial charge in [0.1, 0.15) is 17.6 Å². The van der Waals surface area contributed by atoms with E-state index in [0.29, 0.717) is 13.2 Å². The van der Waals surface area contributed by atoms with Gasteiger partial charge in [-0.15, -0.1) is 0 Å². The van der Waals surface area contributed by atoms with Gasteiger partial charge in [-0.05, 0) is 13.8 Å². The van der Waals surface area contributed by atoms with Crippen LogP contribution in [-0.4, -0.2) is 46.3 Å². The molecule has 2 rings (SSSR count). The van der Waals surface area contributed by atoms with Crippen molar-refractivity contribution < 1.29 is 19.6 Å². The average Bonchev–Trinajstić information content (AvgIpc) is 2.40. The summed E-state index contributed by atoms with van der Waals surface area (Å²) in [4.78, 5) is 27.2. The Bertz CT molecular complexity index is 548. The zero-order chi connectivity index (χ0) is 14.9. The van der Waals surface area contributed by atoms with Crippen LogP contribution >= 0.6 is 0 Å². The highest BCUT2D eigenvalue weighted by atomic mass is 16.6. The smallest absolute Gasteiger partial charge is 0.339 e. The fraction of sp³-hybridized carbons (Fsp3) is 0.500. The summed E-state index contributed by atoms with van der Waals surface area (Å²) in [7, 11) is 0. The Hall–Kier alpha value is -2.22. The molecule has 8 nitrogen and oxygen atoms in total. The van der Waals surface area contributed by atoms with E-state index in [2.05, 4.69) is 4.98 Å². The second kappa shape index (κ2) is 5.41. The van der Waals surface area contributed by atoms with Crippen LogP contribution in [0.2, 0.25) is 0 Å². The number of rotatable bonds is 3. The summed E-state index contributed by atoms with van der Waals surface area (Å²) >= 11 is 0. The monoisotopic (exact) mass is 281 g/mol. The first-order chi connectivity index (χ1) is 9.40. The molecule has 0 spiro atoms. The highest BCUT2D eigenvalue weighted by Crippen LogP contribution is 2.26. The molecule has 0 aromatic carbocycles. The van der Waals surface area contributed by atoms with Crippen LogP contribution in [0.5, 0.6) is 0 Å². The molecule has 20 heavy (non-hydrogen) atoms. The number of hydrogen-bond acceptors (Lipinski definition) is 6. The van der Waals surface area contributed by atoms with Crippen LogP contribution in [0, 0.1) is 10.1 Å². The Kier molecular flexibility index (Phi) is 3.84. The summed E-state index contributed by atoms with van der Waals surface area (Å²) in [5, 5.41) is 20.0. The number of carboxylic acids is 1. The number of morpholine rings is 1. The third-order valence-electron chi connectivity index (χ3n) is 3.17. The van der Waals surface area contributed by atoms with Crippen molar-refractivity contribution >= 4 is 17.5 Å². The fourth-order valence-electron chi connectivity index (χ4n) is 2.13. The van der Waals surface area contributed by atoms with Gasteiger partial charge in [0, 0.05) is 12.6 Å². The summed E-state index contributed by atoms with van der Waals surface area (Å²) in [6.45, 7) is 4.72. The van der Waals surface area contributed by atoms with Crippen LogP contribution < -0.4 is 4.90 Å². The van der Waals surface area contributed by atoms with Gasteiger partial charge in [-0.25, -0.2) is 9.78 Å². The molecule has 2 atom stereocenters. The van der Waals surface area contributed by atoms with E-state index in [-0.39, 0.29) is 29.2 Å². The molecule has 1 saturated heterocycles. The Morgan fingerprint density at radius 1 is 1.60 bits per heavy atom. The number of hydrogen-bond donors (Lipinski definition) is 1. The molecule has 0 aliphatic carbocycles. The summed E-state index contributed by atoms with van der Waals surface area (Å²) in [6.07, 6.45) is 1.03. The van der Waals surface area contributed by atoms with Crippen molar-refractivity contribution in [2.75, 3.05) is 18.1 Å². The summed E-state index contributed by atoms with van der Waals surface area (Å²) < 4.78 is 5.48. The lowest BCUT2D eigenvalue weighted by atomic mass is 10.1. The minimum atomic E-state index is -1.23. The van der Waals surface area contributed by atoms with Crippen molar-refractivity contribution in [2.24, 2.45) is 0 Å². The van der Waals surface area contributed by atoms with E-state index < -0.39 is 10.9 Å². The first kappa shape index (κ1) is 14.2. The van der Waals surface area contributed by atoms with E-state index >= 15 is 0 Å². The van der Waals surface area contributed by atoms with Crippen molar-refractivity contribution in [3.63, 3.8) is 0 Å². The quantitative estimate of drug-likeness (QED) is 0.657. The molecule has 0 saturated carbocycles. The zero-order valence-corrected chi connectivity index (χ0v) is 11.1. The highest BCUT2D eigenvalue weighted by molar-refractivity contribution is 5.94. The van der Waals surface area contributed by atoms with Gasteiger partial charge in [-0.2, -0.15) is 0 Å². The molecule has 1 aliphatic heterocycles. The molecule has 0 radical (unpaired) electrons. The third-order valence-corrected chi connectivity index (χ3v) is 3.17. The van der Waals surface area contributed by atoms with Crippen molar-refractivity contribution in [3.8, 4) is 0 Å². The Morgan fingerprint density at radius 2 is 2.30 bits per heavy atom. The average molecular weight is 281 g/mol. The maximum Gasteiger partial charge on any atom is 0.339 e. The summed E-state index contributed by atoms with van der Waals surface area (Å²) in [5.74, 6) is -0.992. The fourth-order valence-corrected chi connectivity index (χ4v) is 2.13. The number of aromatic carboxylic acids is 1. The Morgan fingerprint density at radius 3 is 2.90 bits per heavy atom. The first-order valence-corrected chi connectivity index (χ1v) is 6.16. The molecule has 1 aliphatic rings. The summed E-state index contributed by atoms with van der Waals surface area (Å²) in [6, 6.07) is 0.996. The molecule has 1 N–H and O–H groups in total. The summed E-state index contributed by atoms with van der Waals surface area (Å²) in [5.41, 5.74) is -0.500. The van der Waals surface area contributed by atoms with Crippen LogP contribution in [0.25, 0.3) is 0 Å². The van der Waals surface area contributed by atoms with Gasteiger partial charge in [0.15, 0.2) is 0 Å². The van der Waals surface area contributed by atoms with Crippen LogP contribution in [-0.2, 0) is 4.74 Å². The van der Waals surface area contributed by atoms with E-state index in [1.165, 1.54) is 0 Å². The van der Waals surface area contributed by atoms with E-state index in [9.17, 15) is 20.0 Å². The lowest BCUT2D eigenvalue weighted by Gasteiger charge is -2.38. The molecule has 108 valence electrons. The minimum absolute atomic E-state index is 0.0433. The largest absolute Gasteiger partial charge is 0.478 e.